The van der Waals surface area contributed by atoms with Gasteiger partial charge in [-0.25, -0.2) is 17.8 Å². The fourth-order valence-corrected chi connectivity index (χ4v) is 3.57. The fraction of sp³-hybridized carbons (Fsp3) is 0.333. The van der Waals surface area contributed by atoms with Gasteiger partial charge in [-0.15, -0.1) is 0 Å². The first-order valence-corrected chi connectivity index (χ1v) is 9.55. The molecule has 2 aliphatic rings. The molecular weight excluding hydrogens is 357 g/mol. The standard InChI is InChI=1S/C15H15ClFN3O3S/c1-24(22,23)19-14-8-10(7-13(16)18-14)15(21)20-5-4-9-6-11(17)2-3-12(9)20/h6-8H,2-5H2,1H3,(H,18,19). The highest BCUT2D eigenvalue weighted by molar-refractivity contribution is 7.92. The number of allylic oxidation sites excluding steroid dienone is 3. The molecule has 1 N–H and O–H groups in total. The molecule has 2 heterocycles. The number of anilines is 1. The fourth-order valence-electron chi connectivity index (χ4n) is 2.88. The number of nitrogens with one attached hydrogen (secondary N) is 1. The van der Waals surface area contributed by atoms with Crippen LogP contribution >= 0.6 is 11.6 Å². The second kappa shape index (κ2) is 6.18. The number of sulfonamides is 1. The van der Waals surface area contributed by atoms with Crippen molar-refractivity contribution in [2.24, 2.45) is 0 Å². The van der Waals surface area contributed by atoms with Crippen molar-refractivity contribution in [2.75, 3.05) is 17.5 Å². The van der Waals surface area contributed by atoms with Crippen molar-refractivity contribution in [3.63, 3.8) is 0 Å². The Bertz CT molecular complexity index is 880. The largest absolute Gasteiger partial charge is 0.312 e. The third kappa shape index (κ3) is 3.59. The van der Waals surface area contributed by atoms with E-state index in [4.69, 9.17) is 11.6 Å². The first-order chi connectivity index (χ1) is 11.2. The Kier molecular flexibility index (Phi) is 4.35. The molecule has 6 nitrogen and oxygen atoms in total. The first kappa shape index (κ1) is 16.9. The highest BCUT2D eigenvalue weighted by Gasteiger charge is 2.30. The van der Waals surface area contributed by atoms with Gasteiger partial charge in [0.1, 0.15) is 16.8 Å². The predicted octanol–water partition coefficient (Wildman–Crippen LogP) is 2.85. The molecule has 128 valence electrons. The molecular formula is C15H15ClFN3O3S. The van der Waals surface area contributed by atoms with Crippen LogP contribution < -0.4 is 4.72 Å². The van der Waals surface area contributed by atoms with Crippen LogP contribution in [-0.2, 0) is 10.0 Å². The summed E-state index contributed by atoms with van der Waals surface area (Å²) < 4.78 is 38.2. The van der Waals surface area contributed by atoms with E-state index >= 15 is 0 Å². The van der Waals surface area contributed by atoms with Crippen LogP contribution in [0, 0.1) is 0 Å². The van der Waals surface area contributed by atoms with Gasteiger partial charge in [0.25, 0.3) is 5.91 Å². The number of carbonyl (C=O) groups excluding carboxylic acids is 1. The molecule has 0 spiro atoms. The number of rotatable bonds is 3. The first-order valence-electron chi connectivity index (χ1n) is 7.28. The summed E-state index contributed by atoms with van der Waals surface area (Å²) in [5.74, 6) is -0.498. The molecule has 24 heavy (non-hydrogen) atoms. The third-order valence-corrected chi connectivity index (χ3v) is 4.58. The van der Waals surface area contributed by atoms with E-state index in [2.05, 4.69) is 9.71 Å². The van der Waals surface area contributed by atoms with Crippen molar-refractivity contribution in [1.82, 2.24) is 9.88 Å². The van der Waals surface area contributed by atoms with Crippen molar-refractivity contribution in [1.29, 1.82) is 0 Å². The number of aromatic nitrogens is 1. The number of halogens is 2. The van der Waals surface area contributed by atoms with Crippen LogP contribution in [0.1, 0.15) is 29.6 Å². The molecule has 0 saturated heterocycles. The van der Waals surface area contributed by atoms with Gasteiger partial charge in [0.15, 0.2) is 0 Å². The van der Waals surface area contributed by atoms with Crippen LogP contribution in [0.15, 0.2) is 35.3 Å². The van der Waals surface area contributed by atoms with E-state index < -0.39 is 10.0 Å². The summed E-state index contributed by atoms with van der Waals surface area (Å²) in [5, 5.41) is 0.00924. The Hall–Kier alpha value is -1.93. The zero-order chi connectivity index (χ0) is 17.5. The average molecular weight is 372 g/mol. The van der Waals surface area contributed by atoms with Crippen LogP contribution in [-0.4, -0.2) is 37.0 Å². The average Bonchev–Trinajstić information content (AvgIpc) is 2.86. The lowest BCUT2D eigenvalue weighted by atomic mass is 10.0. The highest BCUT2D eigenvalue weighted by atomic mass is 35.5. The quantitative estimate of drug-likeness (QED) is 0.828. The Balaban J connectivity index is 1.91. The molecule has 0 bridgehead atoms. The van der Waals surface area contributed by atoms with Gasteiger partial charge in [0.05, 0.1) is 6.26 Å². The molecule has 0 aromatic carbocycles. The Labute approximate surface area is 144 Å². The van der Waals surface area contributed by atoms with Gasteiger partial charge in [-0.05, 0) is 36.6 Å². The number of hydrogen-bond donors (Lipinski definition) is 1. The van der Waals surface area contributed by atoms with Gasteiger partial charge >= 0.3 is 0 Å². The van der Waals surface area contributed by atoms with Crippen LogP contribution in [0.4, 0.5) is 10.2 Å². The molecule has 0 unspecified atom stereocenters. The summed E-state index contributed by atoms with van der Waals surface area (Å²) >= 11 is 5.90. The van der Waals surface area contributed by atoms with Crippen molar-refractivity contribution in [2.45, 2.75) is 19.3 Å². The van der Waals surface area contributed by atoms with Gasteiger partial charge in [0.2, 0.25) is 10.0 Å². The Morgan fingerprint density at radius 3 is 2.79 bits per heavy atom. The van der Waals surface area contributed by atoms with Gasteiger partial charge in [-0.3, -0.25) is 9.52 Å². The molecule has 0 radical (unpaired) electrons. The van der Waals surface area contributed by atoms with E-state index in [-0.39, 0.29) is 34.7 Å². The molecule has 1 aliphatic carbocycles. The molecule has 0 saturated carbocycles. The second-order valence-corrected chi connectivity index (χ2v) is 7.84. The monoisotopic (exact) mass is 371 g/mol. The van der Waals surface area contributed by atoms with Gasteiger partial charge < -0.3 is 4.90 Å². The zero-order valence-electron chi connectivity index (χ0n) is 12.8. The molecule has 1 aromatic heterocycles. The Morgan fingerprint density at radius 2 is 2.08 bits per heavy atom. The van der Waals surface area contributed by atoms with Crippen molar-refractivity contribution >= 4 is 33.3 Å². The van der Waals surface area contributed by atoms with E-state index in [0.717, 1.165) is 17.5 Å². The van der Waals surface area contributed by atoms with Crippen LogP contribution in [0.2, 0.25) is 5.15 Å². The van der Waals surface area contributed by atoms with Gasteiger partial charge in [0, 0.05) is 24.2 Å². The maximum atomic E-state index is 13.4. The van der Waals surface area contributed by atoms with E-state index in [1.165, 1.54) is 18.2 Å². The van der Waals surface area contributed by atoms with E-state index in [1.54, 1.807) is 4.90 Å². The van der Waals surface area contributed by atoms with E-state index in [1.807, 2.05) is 0 Å². The smallest absolute Gasteiger partial charge is 0.258 e. The zero-order valence-corrected chi connectivity index (χ0v) is 14.4. The number of pyridine rings is 1. The minimum Gasteiger partial charge on any atom is -0.312 e. The van der Waals surface area contributed by atoms with Gasteiger partial charge in [-0.2, -0.15) is 0 Å². The summed E-state index contributed by atoms with van der Waals surface area (Å²) in [5.41, 5.74) is 1.87. The third-order valence-electron chi connectivity index (χ3n) is 3.81. The lowest BCUT2D eigenvalue weighted by molar-refractivity contribution is 0.0814. The topological polar surface area (TPSA) is 79.4 Å². The Morgan fingerprint density at radius 1 is 1.33 bits per heavy atom. The maximum absolute atomic E-state index is 13.4. The summed E-state index contributed by atoms with van der Waals surface area (Å²) in [6.45, 7) is 0.460. The van der Waals surface area contributed by atoms with Crippen LogP contribution in [0.3, 0.4) is 0 Å². The second-order valence-electron chi connectivity index (χ2n) is 5.71. The van der Waals surface area contributed by atoms with Gasteiger partial charge in [-0.1, -0.05) is 11.6 Å². The predicted molar refractivity (Wildman–Crippen MR) is 88.8 cm³/mol. The number of carbonyl (C=O) groups is 1. The molecule has 1 aliphatic heterocycles. The molecule has 9 heteroatoms. The summed E-state index contributed by atoms with van der Waals surface area (Å²) in [7, 11) is -3.54. The highest BCUT2D eigenvalue weighted by Crippen LogP contribution is 2.35. The van der Waals surface area contributed by atoms with E-state index in [0.29, 0.717) is 19.4 Å². The van der Waals surface area contributed by atoms with Crippen LogP contribution in [0.25, 0.3) is 0 Å². The summed E-state index contributed by atoms with van der Waals surface area (Å²) in [4.78, 5) is 18.2. The SMILES string of the molecule is CS(=O)(=O)Nc1cc(C(=O)N2CCC3=C2CCC(F)=C3)cc(Cl)n1. The van der Waals surface area contributed by atoms with Crippen LogP contribution in [0.5, 0.6) is 0 Å². The lowest BCUT2D eigenvalue weighted by Crippen LogP contribution is -2.28. The molecule has 0 atom stereocenters. The maximum Gasteiger partial charge on any atom is 0.258 e. The van der Waals surface area contributed by atoms with Crippen molar-refractivity contribution in [3.05, 3.63) is 46.0 Å². The number of hydrogen-bond acceptors (Lipinski definition) is 4. The van der Waals surface area contributed by atoms with Crippen molar-refractivity contribution < 1.29 is 17.6 Å². The summed E-state index contributed by atoms with van der Waals surface area (Å²) in [6.07, 6.45) is 3.82. The number of amides is 1. The minimum absolute atomic E-state index is 0.00924. The lowest BCUT2D eigenvalue weighted by Gasteiger charge is -2.22. The molecule has 1 amide bonds. The number of nitrogens with zero attached hydrogens (tertiary/aromatic N) is 2. The summed E-state index contributed by atoms with van der Waals surface area (Å²) in [6, 6.07) is 2.72. The minimum atomic E-state index is -3.54. The molecule has 0 fully saturated rings. The molecule has 1 aromatic rings. The van der Waals surface area contributed by atoms with E-state index in [9.17, 15) is 17.6 Å². The normalized spacial score (nSPS) is 17.6. The molecule has 3 rings (SSSR count). The van der Waals surface area contributed by atoms with Crippen molar-refractivity contribution in [3.8, 4) is 0 Å².